The van der Waals surface area contributed by atoms with Crippen molar-refractivity contribution in [1.29, 1.82) is 0 Å². The lowest BCUT2D eigenvalue weighted by molar-refractivity contribution is -0.146. The van der Waals surface area contributed by atoms with Gasteiger partial charge in [0.25, 0.3) is 0 Å². The minimum atomic E-state index is -1.15. The van der Waals surface area contributed by atoms with Gasteiger partial charge in [0.1, 0.15) is 0 Å². The van der Waals surface area contributed by atoms with Gasteiger partial charge < -0.3 is 14.6 Å². The van der Waals surface area contributed by atoms with E-state index in [0.29, 0.717) is 24.7 Å². The molecule has 5 nitrogen and oxygen atoms in total. The number of carbonyl (C=O) groups excluding carboxylic acids is 1. The molecule has 1 aliphatic rings. The third-order valence-electron chi connectivity index (χ3n) is 3.32. The van der Waals surface area contributed by atoms with Crippen molar-refractivity contribution in [2.24, 2.45) is 5.41 Å². The van der Waals surface area contributed by atoms with Crippen molar-refractivity contribution >= 4 is 23.4 Å². The fourth-order valence-electron chi connectivity index (χ4n) is 1.97. The summed E-state index contributed by atoms with van der Waals surface area (Å²) in [6.45, 7) is 4.04. The number of carboxylic acid groups (broad SMARTS) is 1. The standard InChI is InChI=1S/C15H17ClO5/c1-15(2,14(18)19)8-11(17)9-6-12-13(7-10(9)16)21-5-3-4-20-12/h6-7H,3-5,8H2,1-2H3,(H,18,19). The molecular weight excluding hydrogens is 296 g/mol. The van der Waals surface area contributed by atoms with Gasteiger partial charge in [0.2, 0.25) is 0 Å². The predicted molar refractivity (Wildman–Crippen MR) is 77.4 cm³/mol. The number of hydrogen-bond acceptors (Lipinski definition) is 4. The minimum Gasteiger partial charge on any atom is -0.490 e. The molecule has 21 heavy (non-hydrogen) atoms. The SMILES string of the molecule is CC(C)(CC(=O)c1cc2c(cc1Cl)OCCCO2)C(=O)O. The normalized spacial score (nSPS) is 14.4. The van der Waals surface area contributed by atoms with Gasteiger partial charge in [-0.1, -0.05) is 11.6 Å². The van der Waals surface area contributed by atoms with E-state index in [-0.39, 0.29) is 22.8 Å². The summed E-state index contributed by atoms with van der Waals surface area (Å²) in [6.07, 6.45) is 0.614. The topological polar surface area (TPSA) is 72.8 Å². The van der Waals surface area contributed by atoms with Gasteiger partial charge in [0, 0.05) is 24.5 Å². The lowest BCUT2D eigenvalue weighted by atomic mass is 9.85. The Kier molecular flexibility index (Phi) is 4.42. The highest BCUT2D eigenvalue weighted by Gasteiger charge is 2.31. The molecule has 0 radical (unpaired) electrons. The zero-order chi connectivity index (χ0) is 15.6. The molecule has 0 saturated carbocycles. The molecule has 2 rings (SSSR count). The highest BCUT2D eigenvalue weighted by atomic mass is 35.5. The molecule has 0 spiro atoms. The summed E-state index contributed by atoms with van der Waals surface area (Å²) in [5.74, 6) is -0.385. The van der Waals surface area contributed by atoms with E-state index in [2.05, 4.69) is 0 Å². The number of Topliss-reactive ketones (excluding diaryl/α,β-unsaturated/α-hetero) is 1. The van der Waals surface area contributed by atoms with E-state index in [1.807, 2.05) is 0 Å². The van der Waals surface area contributed by atoms with Crippen LogP contribution in [0.1, 0.15) is 37.0 Å². The molecule has 0 amide bonds. The average Bonchev–Trinajstić information content (AvgIpc) is 2.61. The third-order valence-corrected chi connectivity index (χ3v) is 3.63. The van der Waals surface area contributed by atoms with Crippen LogP contribution in [-0.2, 0) is 4.79 Å². The Balaban J connectivity index is 2.29. The fourth-order valence-corrected chi connectivity index (χ4v) is 2.23. The van der Waals surface area contributed by atoms with Gasteiger partial charge >= 0.3 is 5.97 Å². The summed E-state index contributed by atoms with van der Waals surface area (Å²) in [5.41, 5.74) is -0.889. The highest BCUT2D eigenvalue weighted by Crippen LogP contribution is 2.36. The Labute approximate surface area is 127 Å². The molecule has 1 heterocycles. The van der Waals surface area contributed by atoms with E-state index in [0.717, 1.165) is 6.42 Å². The van der Waals surface area contributed by atoms with Crippen LogP contribution in [0.5, 0.6) is 11.5 Å². The van der Waals surface area contributed by atoms with Crippen molar-refractivity contribution in [3.05, 3.63) is 22.7 Å². The van der Waals surface area contributed by atoms with Crippen LogP contribution in [0.25, 0.3) is 0 Å². The first-order valence-corrected chi connectivity index (χ1v) is 7.05. The summed E-state index contributed by atoms with van der Waals surface area (Å²) in [6, 6.07) is 3.08. The molecule has 6 heteroatoms. The van der Waals surface area contributed by atoms with Crippen LogP contribution in [-0.4, -0.2) is 30.1 Å². The third kappa shape index (κ3) is 3.47. The number of aliphatic carboxylic acids is 1. The summed E-state index contributed by atoms with van der Waals surface area (Å²) < 4.78 is 11.0. The van der Waals surface area contributed by atoms with E-state index in [9.17, 15) is 9.59 Å². The molecule has 1 aliphatic heterocycles. The summed E-state index contributed by atoms with van der Waals surface area (Å²) >= 11 is 6.11. The van der Waals surface area contributed by atoms with Crippen LogP contribution in [0.2, 0.25) is 5.02 Å². The summed E-state index contributed by atoms with van der Waals surface area (Å²) in [4.78, 5) is 23.4. The van der Waals surface area contributed by atoms with Crippen LogP contribution in [0.4, 0.5) is 0 Å². The number of ether oxygens (including phenoxy) is 2. The summed E-state index contributed by atoms with van der Waals surface area (Å²) in [5, 5.41) is 9.35. The zero-order valence-electron chi connectivity index (χ0n) is 11.9. The highest BCUT2D eigenvalue weighted by molar-refractivity contribution is 6.34. The van der Waals surface area contributed by atoms with E-state index >= 15 is 0 Å². The van der Waals surface area contributed by atoms with Gasteiger partial charge in [-0.05, 0) is 19.9 Å². The predicted octanol–water partition coefficient (Wildman–Crippen LogP) is 3.18. The molecule has 0 bridgehead atoms. The molecular formula is C15H17ClO5. The average molecular weight is 313 g/mol. The number of hydrogen-bond donors (Lipinski definition) is 1. The number of carbonyl (C=O) groups is 2. The van der Waals surface area contributed by atoms with Crippen LogP contribution in [0.3, 0.4) is 0 Å². The van der Waals surface area contributed by atoms with Gasteiger partial charge in [-0.2, -0.15) is 0 Å². The van der Waals surface area contributed by atoms with E-state index < -0.39 is 11.4 Å². The largest absolute Gasteiger partial charge is 0.490 e. The lowest BCUT2D eigenvalue weighted by Crippen LogP contribution is -2.27. The summed E-state index contributed by atoms with van der Waals surface area (Å²) in [7, 11) is 0. The number of fused-ring (bicyclic) bond motifs is 1. The maximum atomic E-state index is 12.3. The van der Waals surface area contributed by atoms with Gasteiger partial charge in [0.15, 0.2) is 17.3 Å². The first kappa shape index (κ1) is 15.6. The van der Waals surface area contributed by atoms with Gasteiger partial charge in [-0.25, -0.2) is 0 Å². The fraction of sp³-hybridized carbons (Fsp3) is 0.467. The molecule has 0 atom stereocenters. The molecule has 0 aromatic heterocycles. The lowest BCUT2D eigenvalue weighted by Gasteiger charge is -2.18. The molecule has 0 saturated heterocycles. The van der Waals surface area contributed by atoms with Crippen LogP contribution in [0, 0.1) is 5.41 Å². The van der Waals surface area contributed by atoms with Crippen LogP contribution >= 0.6 is 11.6 Å². The van der Waals surface area contributed by atoms with Crippen molar-refractivity contribution in [3.8, 4) is 11.5 Å². The Hall–Kier alpha value is -1.75. The van der Waals surface area contributed by atoms with Crippen molar-refractivity contribution in [1.82, 2.24) is 0 Å². The van der Waals surface area contributed by atoms with Crippen molar-refractivity contribution < 1.29 is 24.2 Å². The van der Waals surface area contributed by atoms with Gasteiger partial charge in [0.05, 0.1) is 23.7 Å². The quantitative estimate of drug-likeness (QED) is 0.864. The monoisotopic (exact) mass is 312 g/mol. The number of benzene rings is 1. The first-order chi connectivity index (χ1) is 9.81. The van der Waals surface area contributed by atoms with Crippen LogP contribution in [0.15, 0.2) is 12.1 Å². The molecule has 1 aromatic rings. The maximum absolute atomic E-state index is 12.3. The Morgan fingerprint density at radius 2 is 1.81 bits per heavy atom. The van der Waals surface area contributed by atoms with E-state index in [1.54, 1.807) is 6.07 Å². The number of carboxylic acids is 1. The number of ketones is 1. The van der Waals surface area contributed by atoms with Gasteiger partial charge in [-0.3, -0.25) is 9.59 Å². The minimum absolute atomic E-state index is 0.137. The molecule has 114 valence electrons. The molecule has 0 fully saturated rings. The number of rotatable bonds is 4. The number of halogens is 1. The van der Waals surface area contributed by atoms with Crippen molar-refractivity contribution in [2.75, 3.05) is 13.2 Å². The molecule has 1 N–H and O–H groups in total. The Morgan fingerprint density at radius 1 is 1.24 bits per heavy atom. The van der Waals surface area contributed by atoms with E-state index in [4.69, 9.17) is 26.2 Å². The van der Waals surface area contributed by atoms with E-state index in [1.165, 1.54) is 19.9 Å². The Morgan fingerprint density at radius 3 is 2.38 bits per heavy atom. The molecule has 1 aromatic carbocycles. The molecule has 0 unspecified atom stereocenters. The zero-order valence-corrected chi connectivity index (χ0v) is 12.7. The first-order valence-electron chi connectivity index (χ1n) is 6.67. The second kappa shape index (κ2) is 5.93. The van der Waals surface area contributed by atoms with Crippen LogP contribution < -0.4 is 9.47 Å². The second-order valence-corrected chi connectivity index (χ2v) is 6.03. The maximum Gasteiger partial charge on any atom is 0.309 e. The second-order valence-electron chi connectivity index (χ2n) is 5.62. The Bertz CT molecular complexity index is 580. The smallest absolute Gasteiger partial charge is 0.309 e. The molecule has 0 aliphatic carbocycles. The van der Waals surface area contributed by atoms with Gasteiger partial charge in [-0.15, -0.1) is 0 Å². The van der Waals surface area contributed by atoms with Crippen molar-refractivity contribution in [2.45, 2.75) is 26.7 Å². The van der Waals surface area contributed by atoms with Crippen molar-refractivity contribution in [3.63, 3.8) is 0 Å².